The van der Waals surface area contributed by atoms with Gasteiger partial charge in [-0.15, -0.1) is 0 Å². The molecule has 3 nitrogen and oxygen atoms in total. The van der Waals surface area contributed by atoms with Crippen LogP contribution in [0.15, 0.2) is 0 Å². The number of nitrogens with zero attached hydrogens (tertiary/aromatic N) is 2. The van der Waals surface area contributed by atoms with Gasteiger partial charge < -0.3 is 15.1 Å². The van der Waals surface area contributed by atoms with E-state index < -0.39 is 0 Å². The van der Waals surface area contributed by atoms with Crippen LogP contribution in [0.5, 0.6) is 0 Å². The maximum Gasteiger partial charge on any atom is 0.0217 e. The summed E-state index contributed by atoms with van der Waals surface area (Å²) >= 11 is 0. The van der Waals surface area contributed by atoms with Gasteiger partial charge in [0.1, 0.15) is 0 Å². The van der Waals surface area contributed by atoms with Crippen molar-refractivity contribution in [3.8, 4) is 0 Å². The standard InChI is InChI=1S/C14H31N3/c1-5-6-14(11-15-2)17(4)12-13-7-9-16(3)10-8-13/h13-15H,5-12H2,1-4H3. The van der Waals surface area contributed by atoms with Gasteiger partial charge in [-0.1, -0.05) is 13.3 Å². The van der Waals surface area contributed by atoms with E-state index in [0.29, 0.717) is 6.04 Å². The van der Waals surface area contributed by atoms with Crippen LogP contribution in [0.4, 0.5) is 0 Å². The first-order valence-electron chi connectivity index (χ1n) is 7.20. The summed E-state index contributed by atoms with van der Waals surface area (Å²) in [6.07, 6.45) is 5.34. The monoisotopic (exact) mass is 241 g/mol. The first-order chi connectivity index (χ1) is 8.17. The second-order valence-corrected chi connectivity index (χ2v) is 5.69. The van der Waals surface area contributed by atoms with Crippen molar-refractivity contribution in [2.75, 3.05) is 47.3 Å². The highest BCUT2D eigenvalue weighted by atomic mass is 15.2. The lowest BCUT2D eigenvalue weighted by molar-refractivity contribution is 0.144. The van der Waals surface area contributed by atoms with E-state index in [1.807, 2.05) is 0 Å². The zero-order chi connectivity index (χ0) is 12.7. The molecule has 0 spiro atoms. The third-order valence-corrected chi connectivity index (χ3v) is 4.07. The molecule has 0 aliphatic carbocycles. The van der Waals surface area contributed by atoms with Crippen molar-refractivity contribution >= 4 is 0 Å². The van der Waals surface area contributed by atoms with Gasteiger partial charge in [0.2, 0.25) is 0 Å². The van der Waals surface area contributed by atoms with Crippen LogP contribution in [-0.2, 0) is 0 Å². The van der Waals surface area contributed by atoms with Gasteiger partial charge in [-0.3, -0.25) is 0 Å². The number of piperidine rings is 1. The van der Waals surface area contributed by atoms with Gasteiger partial charge in [-0.05, 0) is 59.4 Å². The SMILES string of the molecule is CCCC(CNC)N(C)CC1CCN(C)CC1. The quantitative estimate of drug-likeness (QED) is 0.731. The van der Waals surface area contributed by atoms with Crippen LogP contribution in [0.1, 0.15) is 32.6 Å². The molecule has 0 aromatic heterocycles. The molecule has 1 aliphatic rings. The van der Waals surface area contributed by atoms with Gasteiger partial charge in [-0.25, -0.2) is 0 Å². The Balaban J connectivity index is 2.32. The highest BCUT2D eigenvalue weighted by molar-refractivity contribution is 4.77. The molecular weight excluding hydrogens is 210 g/mol. The lowest BCUT2D eigenvalue weighted by Crippen LogP contribution is -2.43. The molecule has 0 aromatic rings. The van der Waals surface area contributed by atoms with Crippen molar-refractivity contribution in [1.82, 2.24) is 15.1 Å². The van der Waals surface area contributed by atoms with Gasteiger partial charge >= 0.3 is 0 Å². The zero-order valence-corrected chi connectivity index (χ0v) is 12.2. The molecule has 1 atom stereocenters. The van der Waals surface area contributed by atoms with Crippen LogP contribution in [0, 0.1) is 5.92 Å². The molecule has 1 unspecified atom stereocenters. The number of hydrogen-bond donors (Lipinski definition) is 1. The molecule has 1 aliphatic heterocycles. The Hall–Kier alpha value is -0.120. The number of hydrogen-bond acceptors (Lipinski definition) is 3. The fourth-order valence-corrected chi connectivity index (χ4v) is 2.85. The number of likely N-dealkylation sites (tertiary alicyclic amines) is 1. The summed E-state index contributed by atoms with van der Waals surface area (Å²) in [5.74, 6) is 0.910. The van der Waals surface area contributed by atoms with Gasteiger partial charge in [-0.2, -0.15) is 0 Å². The normalized spacial score (nSPS) is 21.0. The van der Waals surface area contributed by atoms with E-state index in [2.05, 4.69) is 43.2 Å². The van der Waals surface area contributed by atoms with Gasteiger partial charge in [0, 0.05) is 19.1 Å². The van der Waals surface area contributed by atoms with E-state index >= 15 is 0 Å². The summed E-state index contributed by atoms with van der Waals surface area (Å²) in [5.41, 5.74) is 0. The van der Waals surface area contributed by atoms with Gasteiger partial charge in [0.05, 0.1) is 0 Å². The Bertz CT molecular complexity index is 182. The molecule has 0 bridgehead atoms. The average molecular weight is 241 g/mol. The third kappa shape index (κ3) is 5.36. The first-order valence-corrected chi connectivity index (χ1v) is 7.20. The van der Waals surface area contributed by atoms with Crippen molar-refractivity contribution < 1.29 is 0 Å². The molecule has 17 heavy (non-hydrogen) atoms. The molecule has 1 rings (SSSR count). The van der Waals surface area contributed by atoms with Gasteiger partial charge in [0.15, 0.2) is 0 Å². The zero-order valence-electron chi connectivity index (χ0n) is 12.2. The number of nitrogens with one attached hydrogen (secondary N) is 1. The summed E-state index contributed by atoms with van der Waals surface area (Å²) in [4.78, 5) is 5.03. The van der Waals surface area contributed by atoms with Gasteiger partial charge in [0.25, 0.3) is 0 Å². The minimum Gasteiger partial charge on any atom is -0.318 e. The van der Waals surface area contributed by atoms with Crippen LogP contribution in [0.3, 0.4) is 0 Å². The maximum absolute atomic E-state index is 3.33. The van der Waals surface area contributed by atoms with E-state index in [1.54, 1.807) is 0 Å². The Morgan fingerprint density at radius 1 is 1.35 bits per heavy atom. The van der Waals surface area contributed by atoms with Crippen LogP contribution < -0.4 is 5.32 Å². The molecule has 0 amide bonds. The molecule has 0 saturated carbocycles. The predicted molar refractivity (Wildman–Crippen MR) is 75.5 cm³/mol. The largest absolute Gasteiger partial charge is 0.318 e. The summed E-state index contributed by atoms with van der Waals surface area (Å²) in [5, 5.41) is 3.33. The number of rotatable bonds is 7. The topological polar surface area (TPSA) is 18.5 Å². The van der Waals surface area contributed by atoms with E-state index in [9.17, 15) is 0 Å². The Labute approximate surface area is 108 Å². The minimum atomic E-state index is 0.713. The van der Waals surface area contributed by atoms with Crippen molar-refractivity contribution in [1.29, 1.82) is 0 Å². The molecule has 1 heterocycles. The maximum atomic E-state index is 3.33. The average Bonchev–Trinajstić information content (AvgIpc) is 2.32. The fraction of sp³-hybridized carbons (Fsp3) is 1.00. The van der Waals surface area contributed by atoms with E-state index in [4.69, 9.17) is 0 Å². The molecule has 1 saturated heterocycles. The highest BCUT2D eigenvalue weighted by Crippen LogP contribution is 2.18. The van der Waals surface area contributed by atoms with Crippen LogP contribution in [-0.4, -0.2) is 63.2 Å². The van der Waals surface area contributed by atoms with Crippen molar-refractivity contribution in [2.45, 2.75) is 38.6 Å². The summed E-state index contributed by atoms with van der Waals surface area (Å²) in [6.45, 7) is 7.25. The van der Waals surface area contributed by atoms with E-state index in [0.717, 1.165) is 12.5 Å². The summed E-state index contributed by atoms with van der Waals surface area (Å²) in [7, 11) is 6.60. The lowest BCUT2D eigenvalue weighted by atomic mass is 9.96. The highest BCUT2D eigenvalue weighted by Gasteiger charge is 2.21. The van der Waals surface area contributed by atoms with Crippen molar-refractivity contribution in [3.05, 3.63) is 0 Å². The lowest BCUT2D eigenvalue weighted by Gasteiger charge is -2.35. The predicted octanol–water partition coefficient (Wildman–Crippen LogP) is 1.65. The molecular formula is C14H31N3. The van der Waals surface area contributed by atoms with Crippen molar-refractivity contribution in [2.24, 2.45) is 5.92 Å². The molecule has 1 N–H and O–H groups in total. The molecule has 0 aromatic carbocycles. The summed E-state index contributed by atoms with van der Waals surface area (Å²) in [6, 6.07) is 0.713. The summed E-state index contributed by atoms with van der Waals surface area (Å²) < 4.78 is 0. The Morgan fingerprint density at radius 2 is 2.00 bits per heavy atom. The Morgan fingerprint density at radius 3 is 2.53 bits per heavy atom. The Kier molecular flexibility index (Phi) is 7.09. The third-order valence-electron chi connectivity index (χ3n) is 4.07. The first kappa shape index (κ1) is 14.9. The second kappa shape index (κ2) is 8.06. The molecule has 1 fully saturated rings. The fourth-order valence-electron chi connectivity index (χ4n) is 2.85. The van der Waals surface area contributed by atoms with E-state index in [-0.39, 0.29) is 0 Å². The van der Waals surface area contributed by atoms with Crippen LogP contribution >= 0.6 is 0 Å². The van der Waals surface area contributed by atoms with Crippen LogP contribution in [0.25, 0.3) is 0 Å². The minimum absolute atomic E-state index is 0.713. The van der Waals surface area contributed by atoms with Crippen LogP contribution in [0.2, 0.25) is 0 Å². The molecule has 3 heteroatoms. The smallest absolute Gasteiger partial charge is 0.0217 e. The molecule has 0 radical (unpaired) electrons. The van der Waals surface area contributed by atoms with E-state index in [1.165, 1.54) is 45.3 Å². The number of likely N-dealkylation sites (N-methyl/N-ethyl adjacent to an activating group) is 2. The second-order valence-electron chi connectivity index (χ2n) is 5.69. The van der Waals surface area contributed by atoms with Crippen molar-refractivity contribution in [3.63, 3.8) is 0 Å². The molecule has 102 valence electrons.